The molecular weight excluding hydrogens is 262 g/mol. The van der Waals surface area contributed by atoms with Gasteiger partial charge in [-0.25, -0.2) is 0 Å². The van der Waals surface area contributed by atoms with Crippen LogP contribution in [0.25, 0.3) is 0 Å². The number of aliphatic carboxylic acids is 1. The third-order valence-electron chi connectivity index (χ3n) is 3.55. The molecule has 1 N–H and O–H groups in total. The highest BCUT2D eigenvalue weighted by Crippen LogP contribution is 2.26. The topological polar surface area (TPSA) is 57.6 Å². The van der Waals surface area contributed by atoms with Gasteiger partial charge in [0.25, 0.3) is 5.91 Å². The zero-order valence-corrected chi connectivity index (χ0v) is 11.9. The second-order valence-corrected chi connectivity index (χ2v) is 6.05. The predicted octanol–water partition coefficient (Wildman–Crippen LogP) is 2.78. The predicted molar refractivity (Wildman–Crippen MR) is 74.6 cm³/mol. The Labute approximate surface area is 117 Å². The average molecular weight is 281 g/mol. The van der Waals surface area contributed by atoms with Gasteiger partial charge in [0.1, 0.15) is 6.54 Å². The van der Waals surface area contributed by atoms with Crippen LogP contribution in [-0.4, -0.2) is 34.5 Å². The summed E-state index contributed by atoms with van der Waals surface area (Å²) in [6, 6.07) is 3.86. The molecular formula is C14H19NO3S. The van der Waals surface area contributed by atoms with Crippen molar-refractivity contribution in [2.24, 2.45) is 0 Å². The molecule has 5 heteroatoms. The SMILES string of the molecule is CCc1ccc(C(=O)N(CC(=O)O)C2CCCC2)s1. The number of carboxylic acids is 1. The number of aryl methyl sites for hydroxylation is 1. The van der Waals surface area contributed by atoms with Crippen molar-refractivity contribution in [3.63, 3.8) is 0 Å². The number of carboxylic acid groups (broad SMARTS) is 1. The lowest BCUT2D eigenvalue weighted by Crippen LogP contribution is -2.41. The van der Waals surface area contributed by atoms with Crippen molar-refractivity contribution in [2.45, 2.75) is 45.1 Å². The number of hydrogen-bond acceptors (Lipinski definition) is 3. The maximum Gasteiger partial charge on any atom is 0.323 e. The fraction of sp³-hybridized carbons (Fsp3) is 0.571. The van der Waals surface area contributed by atoms with E-state index in [9.17, 15) is 9.59 Å². The molecule has 19 heavy (non-hydrogen) atoms. The summed E-state index contributed by atoms with van der Waals surface area (Å²) in [4.78, 5) is 26.8. The van der Waals surface area contributed by atoms with Crippen molar-refractivity contribution in [1.29, 1.82) is 0 Å². The van der Waals surface area contributed by atoms with Crippen LogP contribution < -0.4 is 0 Å². The molecule has 0 aliphatic heterocycles. The molecule has 0 radical (unpaired) electrons. The Morgan fingerprint density at radius 2 is 2.05 bits per heavy atom. The number of hydrogen-bond donors (Lipinski definition) is 1. The van der Waals surface area contributed by atoms with E-state index in [2.05, 4.69) is 0 Å². The van der Waals surface area contributed by atoms with Crippen molar-refractivity contribution in [3.8, 4) is 0 Å². The van der Waals surface area contributed by atoms with E-state index in [4.69, 9.17) is 5.11 Å². The monoisotopic (exact) mass is 281 g/mol. The van der Waals surface area contributed by atoms with E-state index in [1.807, 2.05) is 19.1 Å². The third kappa shape index (κ3) is 3.35. The van der Waals surface area contributed by atoms with Crippen LogP contribution in [0.1, 0.15) is 47.2 Å². The fourth-order valence-electron chi connectivity index (χ4n) is 2.55. The highest BCUT2D eigenvalue weighted by molar-refractivity contribution is 7.14. The number of carbonyl (C=O) groups is 2. The van der Waals surface area contributed by atoms with Gasteiger partial charge in [-0.15, -0.1) is 11.3 Å². The van der Waals surface area contributed by atoms with Crippen LogP contribution in [0.2, 0.25) is 0 Å². The lowest BCUT2D eigenvalue weighted by Gasteiger charge is -2.26. The van der Waals surface area contributed by atoms with Gasteiger partial charge in [-0.2, -0.15) is 0 Å². The van der Waals surface area contributed by atoms with Crippen LogP contribution in [0.5, 0.6) is 0 Å². The maximum absolute atomic E-state index is 12.5. The summed E-state index contributed by atoms with van der Waals surface area (Å²) >= 11 is 1.47. The van der Waals surface area contributed by atoms with Crippen LogP contribution in [-0.2, 0) is 11.2 Å². The standard InChI is InChI=1S/C14H19NO3S/c1-2-11-7-8-12(19-11)14(18)15(9-13(16)17)10-5-3-4-6-10/h7-8,10H,2-6,9H2,1H3,(H,16,17). The largest absolute Gasteiger partial charge is 0.480 e. The molecule has 1 aliphatic carbocycles. The summed E-state index contributed by atoms with van der Waals surface area (Å²) in [5.41, 5.74) is 0. The number of carbonyl (C=O) groups excluding carboxylic acids is 1. The van der Waals surface area contributed by atoms with Gasteiger partial charge in [0.15, 0.2) is 0 Å². The van der Waals surface area contributed by atoms with Gasteiger partial charge in [-0.3, -0.25) is 9.59 Å². The number of nitrogens with zero attached hydrogens (tertiary/aromatic N) is 1. The highest BCUT2D eigenvalue weighted by atomic mass is 32.1. The normalized spacial score (nSPS) is 15.6. The molecule has 0 atom stereocenters. The van der Waals surface area contributed by atoms with Gasteiger partial charge < -0.3 is 10.0 Å². The fourth-order valence-corrected chi connectivity index (χ4v) is 3.46. The molecule has 0 bridgehead atoms. The minimum Gasteiger partial charge on any atom is -0.480 e. The smallest absolute Gasteiger partial charge is 0.323 e. The van der Waals surface area contributed by atoms with Crippen LogP contribution in [0.4, 0.5) is 0 Å². The Bertz CT molecular complexity index is 463. The number of amides is 1. The molecule has 1 fully saturated rings. The van der Waals surface area contributed by atoms with E-state index < -0.39 is 5.97 Å². The van der Waals surface area contributed by atoms with Gasteiger partial charge in [0.2, 0.25) is 0 Å². The molecule has 1 aromatic heterocycles. The van der Waals surface area contributed by atoms with Crippen molar-refractivity contribution >= 4 is 23.2 Å². The van der Waals surface area contributed by atoms with Crippen molar-refractivity contribution in [3.05, 3.63) is 21.9 Å². The molecule has 1 heterocycles. The number of rotatable bonds is 5. The molecule has 2 rings (SSSR count). The van der Waals surface area contributed by atoms with Gasteiger partial charge in [0.05, 0.1) is 4.88 Å². The first-order valence-corrected chi connectivity index (χ1v) is 7.55. The van der Waals surface area contributed by atoms with Gasteiger partial charge in [-0.05, 0) is 31.4 Å². The Morgan fingerprint density at radius 1 is 1.37 bits per heavy atom. The second-order valence-electron chi connectivity index (χ2n) is 4.88. The third-order valence-corrected chi connectivity index (χ3v) is 4.77. The molecule has 1 amide bonds. The van der Waals surface area contributed by atoms with Gasteiger partial charge in [0, 0.05) is 10.9 Å². The molecule has 1 saturated carbocycles. The van der Waals surface area contributed by atoms with E-state index in [1.165, 1.54) is 11.3 Å². The van der Waals surface area contributed by atoms with Crippen LogP contribution in [0.15, 0.2) is 12.1 Å². The molecule has 0 aromatic carbocycles. The zero-order chi connectivity index (χ0) is 13.8. The summed E-state index contributed by atoms with van der Waals surface area (Å²) in [6.07, 6.45) is 4.91. The first kappa shape index (κ1) is 14.1. The van der Waals surface area contributed by atoms with Gasteiger partial charge >= 0.3 is 5.97 Å². The second kappa shape index (κ2) is 6.19. The van der Waals surface area contributed by atoms with E-state index >= 15 is 0 Å². The van der Waals surface area contributed by atoms with Crippen molar-refractivity contribution < 1.29 is 14.7 Å². The van der Waals surface area contributed by atoms with Crippen LogP contribution in [0.3, 0.4) is 0 Å². The maximum atomic E-state index is 12.5. The lowest BCUT2D eigenvalue weighted by molar-refractivity contribution is -0.138. The summed E-state index contributed by atoms with van der Waals surface area (Å²) in [5.74, 6) is -1.06. The Balaban J connectivity index is 2.16. The molecule has 1 aliphatic rings. The van der Waals surface area contributed by atoms with E-state index in [-0.39, 0.29) is 18.5 Å². The van der Waals surface area contributed by atoms with Gasteiger partial charge in [-0.1, -0.05) is 19.8 Å². The quantitative estimate of drug-likeness (QED) is 0.903. The molecule has 0 unspecified atom stereocenters. The van der Waals surface area contributed by atoms with E-state index in [1.54, 1.807) is 4.90 Å². The average Bonchev–Trinajstić information content (AvgIpc) is 3.05. The summed E-state index contributed by atoms with van der Waals surface area (Å²) in [6.45, 7) is 1.86. The van der Waals surface area contributed by atoms with Crippen molar-refractivity contribution in [1.82, 2.24) is 4.90 Å². The summed E-state index contributed by atoms with van der Waals surface area (Å²) in [7, 11) is 0. The Hall–Kier alpha value is -1.36. The first-order valence-electron chi connectivity index (χ1n) is 6.73. The summed E-state index contributed by atoms with van der Waals surface area (Å²) < 4.78 is 0. The van der Waals surface area contributed by atoms with E-state index in [0.717, 1.165) is 37.0 Å². The van der Waals surface area contributed by atoms with Crippen molar-refractivity contribution in [2.75, 3.05) is 6.54 Å². The first-order chi connectivity index (χ1) is 9.11. The van der Waals surface area contributed by atoms with Crippen LogP contribution >= 0.6 is 11.3 Å². The Kier molecular flexibility index (Phi) is 4.58. The molecule has 4 nitrogen and oxygen atoms in total. The lowest BCUT2D eigenvalue weighted by atomic mass is 10.2. The van der Waals surface area contributed by atoms with Crippen LogP contribution in [0, 0.1) is 0 Å². The number of thiophene rings is 1. The zero-order valence-electron chi connectivity index (χ0n) is 11.1. The van der Waals surface area contributed by atoms with E-state index in [0.29, 0.717) is 4.88 Å². The molecule has 0 saturated heterocycles. The summed E-state index contributed by atoms with van der Waals surface area (Å²) in [5, 5.41) is 9.00. The molecule has 104 valence electrons. The Morgan fingerprint density at radius 3 is 2.58 bits per heavy atom. The minimum atomic E-state index is -0.937. The molecule has 0 spiro atoms. The molecule has 1 aromatic rings. The minimum absolute atomic E-state index is 0.0933. The highest BCUT2D eigenvalue weighted by Gasteiger charge is 2.29.